The van der Waals surface area contributed by atoms with Gasteiger partial charge in [0.2, 0.25) is 5.95 Å². The van der Waals surface area contributed by atoms with Crippen LogP contribution in [0.5, 0.6) is 0 Å². The maximum absolute atomic E-state index is 14.3. The molecular formula is C30H34F2N8O3S. The maximum Gasteiger partial charge on any atom is 0.315 e. The summed E-state index contributed by atoms with van der Waals surface area (Å²) in [5.41, 5.74) is 2.78. The molecule has 0 radical (unpaired) electrons. The molecule has 2 fully saturated rings. The van der Waals surface area contributed by atoms with E-state index in [0.29, 0.717) is 34.5 Å². The Morgan fingerprint density at radius 2 is 1.82 bits per heavy atom. The Kier molecular flexibility index (Phi) is 8.56. The number of nitrogens with zero attached hydrogens (tertiary/aromatic N) is 4. The summed E-state index contributed by atoms with van der Waals surface area (Å²) in [5.74, 6) is -0.560. The number of nitrogens with one attached hydrogen (secondary N) is 4. The first-order valence-electron chi connectivity index (χ1n) is 14.7. The number of amides is 2. The average molecular weight is 625 g/mol. The van der Waals surface area contributed by atoms with Crippen LogP contribution in [0.25, 0.3) is 20.8 Å². The number of aromatic nitrogens is 4. The number of thiazole rings is 1. The summed E-state index contributed by atoms with van der Waals surface area (Å²) >= 11 is 1.47. The first kappa shape index (κ1) is 30.0. The molecule has 0 bridgehead atoms. The Bertz CT molecular complexity index is 1660. The van der Waals surface area contributed by atoms with Gasteiger partial charge in [0.15, 0.2) is 0 Å². The molecule has 232 valence electrons. The average Bonchev–Trinajstić information content (AvgIpc) is 3.70. The fourth-order valence-corrected chi connectivity index (χ4v) is 6.54. The summed E-state index contributed by atoms with van der Waals surface area (Å²) in [6.07, 6.45) is 2.46. The van der Waals surface area contributed by atoms with Gasteiger partial charge in [-0.2, -0.15) is 4.98 Å². The number of hydrogen-bond acceptors (Lipinski definition) is 10. The van der Waals surface area contributed by atoms with Gasteiger partial charge in [0.25, 0.3) is 0 Å². The number of aliphatic hydroxyl groups excluding tert-OH is 2. The van der Waals surface area contributed by atoms with Crippen molar-refractivity contribution in [1.82, 2.24) is 30.6 Å². The number of aryl methyl sites for hydroxylation is 1. The Morgan fingerprint density at radius 1 is 1.07 bits per heavy atom. The lowest BCUT2D eigenvalue weighted by atomic mass is 10.1. The van der Waals surface area contributed by atoms with Crippen LogP contribution < -0.4 is 21.3 Å². The normalized spacial score (nSPS) is 21.4. The number of fused-ring (bicyclic) bond motifs is 1. The number of halogens is 2. The van der Waals surface area contributed by atoms with E-state index < -0.39 is 42.0 Å². The van der Waals surface area contributed by atoms with Crippen LogP contribution in [-0.4, -0.2) is 67.0 Å². The van der Waals surface area contributed by atoms with Crippen LogP contribution in [0, 0.1) is 18.6 Å². The zero-order valence-corrected chi connectivity index (χ0v) is 25.1. The minimum Gasteiger partial charge on any atom is -0.388 e. The third kappa shape index (κ3) is 6.14. The van der Waals surface area contributed by atoms with E-state index in [1.165, 1.54) is 29.5 Å². The van der Waals surface area contributed by atoms with Gasteiger partial charge in [0.1, 0.15) is 40.2 Å². The number of aliphatic hydroxyl groups is 2. The predicted molar refractivity (Wildman–Crippen MR) is 163 cm³/mol. The van der Waals surface area contributed by atoms with Crippen LogP contribution in [0.15, 0.2) is 30.5 Å². The lowest BCUT2D eigenvalue weighted by Crippen LogP contribution is -2.47. The lowest BCUT2D eigenvalue weighted by molar-refractivity contribution is 0.0281. The van der Waals surface area contributed by atoms with E-state index in [0.717, 1.165) is 35.2 Å². The van der Waals surface area contributed by atoms with E-state index in [-0.39, 0.29) is 24.5 Å². The van der Waals surface area contributed by atoms with Gasteiger partial charge in [0, 0.05) is 30.8 Å². The smallest absolute Gasteiger partial charge is 0.315 e. The molecule has 2 amide bonds. The Labute approximate surface area is 256 Å². The van der Waals surface area contributed by atoms with E-state index in [1.807, 2.05) is 13.0 Å². The first-order valence-corrected chi connectivity index (χ1v) is 15.5. The Balaban J connectivity index is 1.33. The molecule has 4 atom stereocenters. The molecule has 6 rings (SSSR count). The lowest BCUT2D eigenvalue weighted by Gasteiger charge is -2.21. The highest BCUT2D eigenvalue weighted by molar-refractivity contribution is 7.21. The third-order valence-electron chi connectivity index (χ3n) is 7.94. The molecule has 3 heterocycles. The van der Waals surface area contributed by atoms with Crippen molar-refractivity contribution in [2.75, 3.05) is 17.2 Å². The molecule has 14 heteroatoms. The molecule has 2 aliphatic carbocycles. The highest BCUT2D eigenvalue weighted by atomic mass is 32.1. The molecule has 3 aromatic heterocycles. The molecule has 2 saturated carbocycles. The summed E-state index contributed by atoms with van der Waals surface area (Å²) in [6, 6.07) is 3.75. The van der Waals surface area contributed by atoms with E-state index in [1.54, 1.807) is 13.1 Å². The van der Waals surface area contributed by atoms with Crippen molar-refractivity contribution in [3.05, 3.63) is 59.0 Å². The zero-order valence-electron chi connectivity index (χ0n) is 24.3. The second kappa shape index (κ2) is 12.5. The molecule has 0 aliphatic heterocycles. The number of rotatable bonds is 10. The van der Waals surface area contributed by atoms with Crippen LogP contribution in [-0.2, 0) is 6.54 Å². The number of anilines is 2. The van der Waals surface area contributed by atoms with Gasteiger partial charge in [-0.25, -0.2) is 23.5 Å². The minimum atomic E-state index is -1.22. The van der Waals surface area contributed by atoms with Crippen LogP contribution in [0.1, 0.15) is 55.5 Å². The Morgan fingerprint density at radius 3 is 2.55 bits per heavy atom. The second-order valence-corrected chi connectivity index (χ2v) is 12.3. The molecule has 6 N–H and O–H groups in total. The van der Waals surface area contributed by atoms with Crippen molar-refractivity contribution in [1.29, 1.82) is 0 Å². The summed E-state index contributed by atoms with van der Waals surface area (Å²) in [5, 5.41) is 34.0. The summed E-state index contributed by atoms with van der Waals surface area (Å²) in [6.45, 7) is 4.00. The highest BCUT2D eigenvalue weighted by Crippen LogP contribution is 2.44. The van der Waals surface area contributed by atoms with Crippen molar-refractivity contribution in [3.63, 3.8) is 0 Å². The number of pyridine rings is 1. The maximum atomic E-state index is 14.3. The fraction of sp³-hybridized carbons (Fsp3) is 0.433. The van der Waals surface area contributed by atoms with Crippen LogP contribution in [0.3, 0.4) is 0 Å². The number of hydrogen-bond donors (Lipinski definition) is 6. The third-order valence-corrected chi connectivity index (χ3v) is 8.98. The van der Waals surface area contributed by atoms with Crippen LogP contribution >= 0.6 is 11.3 Å². The van der Waals surface area contributed by atoms with E-state index in [9.17, 15) is 23.8 Å². The fourth-order valence-electron chi connectivity index (χ4n) is 5.47. The van der Waals surface area contributed by atoms with E-state index in [2.05, 4.69) is 36.2 Å². The quantitative estimate of drug-likeness (QED) is 0.152. The molecular weight excluding hydrogens is 590 g/mol. The van der Waals surface area contributed by atoms with Gasteiger partial charge in [-0.1, -0.05) is 13.0 Å². The van der Waals surface area contributed by atoms with Crippen molar-refractivity contribution in [3.8, 4) is 10.6 Å². The van der Waals surface area contributed by atoms with Gasteiger partial charge in [-0.15, -0.1) is 11.3 Å². The van der Waals surface area contributed by atoms with Gasteiger partial charge in [-0.05, 0) is 50.8 Å². The molecule has 0 unspecified atom stereocenters. The largest absolute Gasteiger partial charge is 0.388 e. The summed E-state index contributed by atoms with van der Waals surface area (Å²) in [4.78, 5) is 31.0. The number of urea groups is 1. The van der Waals surface area contributed by atoms with Crippen molar-refractivity contribution in [2.45, 2.75) is 76.3 Å². The van der Waals surface area contributed by atoms with Crippen molar-refractivity contribution in [2.24, 2.45) is 0 Å². The highest BCUT2D eigenvalue weighted by Gasteiger charge is 2.43. The SMILES string of the molecule is CCCNC(=O)N[C@H]1C[C@@H](Nc2nc(NCc3c(F)cccc3F)nc(C)c2-c2nc3c(C4CC4)nccc3s2)[C@H](O)[C@@H]1O. The van der Waals surface area contributed by atoms with Crippen molar-refractivity contribution >= 4 is 39.4 Å². The molecule has 44 heavy (non-hydrogen) atoms. The van der Waals surface area contributed by atoms with Gasteiger partial charge >= 0.3 is 6.03 Å². The monoisotopic (exact) mass is 624 g/mol. The van der Waals surface area contributed by atoms with Crippen molar-refractivity contribution < 1.29 is 23.8 Å². The standard InChI is InChI=1S/C30H34F2N8O3S/c1-3-10-34-30(43)38-20-12-19(25(41)26(20)42)37-27-22(28-39-24-21(44-28)9-11-33-23(24)15-7-8-15)14(2)36-29(40-27)35-13-16-17(31)5-4-6-18(16)32/h4-6,9,11,15,19-20,25-26,41-42H,3,7-8,10,12-13H2,1-2H3,(H2,34,38,43)(H2,35,36,37,40)/t19-,20+,25+,26-/m1/s1. The Hall–Kier alpha value is -4.01. The molecule has 0 saturated heterocycles. The number of carbonyl (C=O) groups is 1. The zero-order chi connectivity index (χ0) is 31.0. The molecule has 2 aliphatic rings. The molecule has 11 nitrogen and oxygen atoms in total. The van der Waals surface area contributed by atoms with Crippen LogP contribution in [0.2, 0.25) is 0 Å². The summed E-state index contributed by atoms with van der Waals surface area (Å²) in [7, 11) is 0. The van der Waals surface area contributed by atoms with Gasteiger partial charge in [0.05, 0.1) is 33.7 Å². The topological polar surface area (TPSA) is 157 Å². The minimum absolute atomic E-state index is 0.111. The second-order valence-electron chi connectivity index (χ2n) is 11.2. The molecule has 1 aromatic carbocycles. The number of benzene rings is 1. The van der Waals surface area contributed by atoms with Gasteiger partial charge in [-0.3, -0.25) is 4.98 Å². The van der Waals surface area contributed by atoms with Gasteiger partial charge < -0.3 is 31.5 Å². The first-order chi connectivity index (χ1) is 21.2. The van der Waals surface area contributed by atoms with E-state index in [4.69, 9.17) is 4.98 Å². The van der Waals surface area contributed by atoms with Crippen LogP contribution in [0.4, 0.5) is 25.3 Å². The predicted octanol–water partition coefficient (Wildman–Crippen LogP) is 4.21. The molecule has 0 spiro atoms. The van der Waals surface area contributed by atoms with E-state index >= 15 is 0 Å². The number of carbonyl (C=O) groups excluding carboxylic acids is 1. The summed E-state index contributed by atoms with van der Waals surface area (Å²) < 4.78 is 29.6. The molecule has 4 aromatic rings.